The van der Waals surface area contributed by atoms with Gasteiger partial charge >= 0.3 is 0 Å². The first-order valence-electron chi connectivity index (χ1n) is 8.59. The van der Waals surface area contributed by atoms with E-state index in [1.165, 1.54) is 0 Å². The Bertz CT molecular complexity index is 663. The van der Waals surface area contributed by atoms with Crippen LogP contribution in [0.4, 0.5) is 5.69 Å². The first kappa shape index (κ1) is 19.2. The number of nitrogens with one attached hydrogen (secondary N) is 2. The fraction of sp³-hybridized carbons (Fsp3) is 0.500. The molecule has 1 atom stereocenters. The van der Waals surface area contributed by atoms with Gasteiger partial charge in [0.05, 0.1) is 11.3 Å². The summed E-state index contributed by atoms with van der Waals surface area (Å²) in [5, 5.41) is 6.06. The second kappa shape index (κ2) is 8.85. The van der Waals surface area contributed by atoms with E-state index in [9.17, 15) is 14.4 Å². The Morgan fingerprint density at radius 2 is 2.12 bits per heavy atom. The average molecular weight is 366 g/mol. The number of rotatable bonds is 7. The van der Waals surface area contributed by atoms with Crippen LogP contribution in [-0.4, -0.2) is 36.9 Å². The van der Waals surface area contributed by atoms with Crippen LogP contribution < -0.4 is 15.5 Å². The van der Waals surface area contributed by atoms with E-state index in [0.717, 1.165) is 12.8 Å². The zero-order chi connectivity index (χ0) is 18.4. The van der Waals surface area contributed by atoms with Crippen molar-refractivity contribution in [1.82, 2.24) is 10.6 Å². The van der Waals surface area contributed by atoms with Crippen LogP contribution >= 0.6 is 11.6 Å². The number of carbonyl (C=O) groups excluding carboxylic acids is 3. The summed E-state index contributed by atoms with van der Waals surface area (Å²) >= 11 is 6.03. The summed E-state index contributed by atoms with van der Waals surface area (Å²) in [5.41, 5.74) is 0.915. The molecule has 1 saturated heterocycles. The summed E-state index contributed by atoms with van der Waals surface area (Å²) in [6, 6.07) is 4.98. The maximum Gasteiger partial charge on any atom is 0.253 e. The summed E-state index contributed by atoms with van der Waals surface area (Å²) in [6.45, 7) is 4.74. The van der Waals surface area contributed by atoms with Crippen LogP contribution in [0.25, 0.3) is 0 Å². The van der Waals surface area contributed by atoms with Crippen molar-refractivity contribution in [3.8, 4) is 0 Å². The molecule has 1 aliphatic heterocycles. The van der Waals surface area contributed by atoms with Gasteiger partial charge in [0.2, 0.25) is 11.8 Å². The molecule has 25 heavy (non-hydrogen) atoms. The molecule has 1 aromatic carbocycles. The van der Waals surface area contributed by atoms with E-state index < -0.39 is 0 Å². The van der Waals surface area contributed by atoms with Crippen LogP contribution in [0.5, 0.6) is 0 Å². The molecule has 6 nitrogen and oxygen atoms in total. The van der Waals surface area contributed by atoms with Gasteiger partial charge in [0.25, 0.3) is 5.91 Å². The Kier molecular flexibility index (Phi) is 6.82. The highest BCUT2D eigenvalue weighted by Gasteiger charge is 2.26. The molecule has 3 amide bonds. The maximum atomic E-state index is 12.5. The molecule has 0 radical (unpaired) electrons. The number of benzene rings is 1. The van der Waals surface area contributed by atoms with Gasteiger partial charge in [-0.3, -0.25) is 14.4 Å². The molecular weight excluding hydrogens is 342 g/mol. The van der Waals surface area contributed by atoms with Gasteiger partial charge in [0.1, 0.15) is 0 Å². The Morgan fingerprint density at radius 1 is 1.36 bits per heavy atom. The van der Waals surface area contributed by atoms with Gasteiger partial charge in [-0.05, 0) is 38.0 Å². The molecule has 1 fully saturated rings. The van der Waals surface area contributed by atoms with Crippen LogP contribution in [0.3, 0.4) is 0 Å². The predicted octanol–water partition coefficient (Wildman–Crippen LogP) is 2.50. The number of anilines is 1. The lowest BCUT2D eigenvalue weighted by Gasteiger charge is -2.20. The third-order valence-electron chi connectivity index (χ3n) is 4.23. The largest absolute Gasteiger partial charge is 0.354 e. The van der Waals surface area contributed by atoms with Crippen LogP contribution in [0.15, 0.2) is 18.2 Å². The summed E-state index contributed by atoms with van der Waals surface area (Å²) in [7, 11) is 0. The average Bonchev–Trinajstić information content (AvgIpc) is 3.00. The van der Waals surface area contributed by atoms with Crippen molar-refractivity contribution in [1.29, 1.82) is 0 Å². The molecule has 0 spiro atoms. The van der Waals surface area contributed by atoms with Gasteiger partial charge in [0, 0.05) is 37.0 Å². The van der Waals surface area contributed by atoms with E-state index in [1.54, 1.807) is 23.1 Å². The zero-order valence-electron chi connectivity index (χ0n) is 14.6. The summed E-state index contributed by atoms with van der Waals surface area (Å²) in [5.74, 6) is -0.423. The molecular formula is C18H24ClN3O3. The molecule has 0 bridgehead atoms. The number of nitrogens with zero attached hydrogens (tertiary/aromatic N) is 1. The predicted molar refractivity (Wildman–Crippen MR) is 97.9 cm³/mol. The molecule has 1 heterocycles. The molecule has 7 heteroatoms. The van der Waals surface area contributed by atoms with E-state index in [0.29, 0.717) is 29.2 Å². The second-order valence-electron chi connectivity index (χ2n) is 6.19. The molecule has 1 unspecified atom stereocenters. The standard InChI is InChI=1S/C18H24ClN3O3/c1-3-12(2)21-16(23)8-9-20-18(25)14-7-6-13(19)11-15(14)22-10-4-5-17(22)24/h6-7,11-12H,3-5,8-10H2,1-2H3,(H,20,25)(H,21,23). The van der Waals surface area contributed by atoms with Gasteiger partial charge in [0.15, 0.2) is 0 Å². The second-order valence-corrected chi connectivity index (χ2v) is 6.63. The zero-order valence-corrected chi connectivity index (χ0v) is 15.4. The Labute approximate surface area is 152 Å². The Morgan fingerprint density at radius 3 is 2.76 bits per heavy atom. The first-order chi connectivity index (χ1) is 11.9. The molecule has 0 aromatic heterocycles. The number of carbonyl (C=O) groups is 3. The fourth-order valence-corrected chi connectivity index (χ4v) is 2.82. The van der Waals surface area contributed by atoms with Gasteiger partial charge in [-0.2, -0.15) is 0 Å². The summed E-state index contributed by atoms with van der Waals surface area (Å²) < 4.78 is 0. The number of halogens is 1. The van der Waals surface area contributed by atoms with Crippen molar-refractivity contribution in [3.63, 3.8) is 0 Å². The van der Waals surface area contributed by atoms with Crippen molar-refractivity contribution in [2.24, 2.45) is 0 Å². The van der Waals surface area contributed by atoms with Crippen molar-refractivity contribution in [2.45, 2.75) is 45.6 Å². The number of hydrogen-bond donors (Lipinski definition) is 2. The molecule has 0 aliphatic carbocycles. The lowest BCUT2D eigenvalue weighted by Crippen LogP contribution is -2.35. The normalized spacial score (nSPS) is 15.2. The van der Waals surface area contributed by atoms with Crippen molar-refractivity contribution in [2.75, 3.05) is 18.0 Å². The van der Waals surface area contributed by atoms with Crippen LogP contribution in [0.2, 0.25) is 5.02 Å². The van der Waals surface area contributed by atoms with Crippen LogP contribution in [-0.2, 0) is 9.59 Å². The number of hydrogen-bond acceptors (Lipinski definition) is 3. The Balaban J connectivity index is 2.00. The van der Waals surface area contributed by atoms with E-state index in [1.807, 2.05) is 13.8 Å². The van der Waals surface area contributed by atoms with Gasteiger partial charge in [-0.25, -0.2) is 0 Å². The van der Waals surface area contributed by atoms with Crippen molar-refractivity contribution in [3.05, 3.63) is 28.8 Å². The highest BCUT2D eigenvalue weighted by molar-refractivity contribution is 6.31. The Hall–Kier alpha value is -2.08. The van der Waals surface area contributed by atoms with Gasteiger partial charge < -0.3 is 15.5 Å². The molecule has 2 rings (SSSR count). The molecule has 1 aromatic rings. The quantitative estimate of drug-likeness (QED) is 0.779. The van der Waals surface area contributed by atoms with E-state index in [-0.39, 0.29) is 36.7 Å². The van der Waals surface area contributed by atoms with E-state index in [2.05, 4.69) is 10.6 Å². The fourth-order valence-electron chi connectivity index (χ4n) is 2.66. The van der Waals surface area contributed by atoms with Gasteiger partial charge in [-0.15, -0.1) is 0 Å². The molecule has 2 N–H and O–H groups in total. The van der Waals surface area contributed by atoms with Crippen molar-refractivity contribution >= 4 is 35.0 Å². The van der Waals surface area contributed by atoms with Crippen LogP contribution in [0.1, 0.15) is 49.9 Å². The minimum Gasteiger partial charge on any atom is -0.354 e. The minimum atomic E-state index is -0.317. The van der Waals surface area contributed by atoms with E-state index in [4.69, 9.17) is 11.6 Å². The topological polar surface area (TPSA) is 78.5 Å². The third-order valence-corrected chi connectivity index (χ3v) is 4.46. The van der Waals surface area contributed by atoms with Gasteiger partial charge in [-0.1, -0.05) is 18.5 Å². The minimum absolute atomic E-state index is 0.00996. The SMILES string of the molecule is CCC(C)NC(=O)CCNC(=O)c1ccc(Cl)cc1N1CCCC1=O. The number of amides is 3. The first-order valence-corrected chi connectivity index (χ1v) is 8.97. The molecule has 0 saturated carbocycles. The van der Waals surface area contributed by atoms with Crippen molar-refractivity contribution < 1.29 is 14.4 Å². The molecule has 1 aliphatic rings. The third kappa shape index (κ3) is 5.19. The van der Waals surface area contributed by atoms with E-state index >= 15 is 0 Å². The summed E-state index contributed by atoms with van der Waals surface area (Å²) in [6.07, 6.45) is 2.31. The monoisotopic (exact) mass is 365 g/mol. The lowest BCUT2D eigenvalue weighted by atomic mass is 10.1. The molecule has 136 valence electrons. The summed E-state index contributed by atoms with van der Waals surface area (Å²) in [4.78, 5) is 37.8. The smallest absolute Gasteiger partial charge is 0.253 e. The van der Waals surface area contributed by atoms with Crippen LogP contribution in [0, 0.1) is 0 Å². The maximum absolute atomic E-state index is 12.5. The highest BCUT2D eigenvalue weighted by atomic mass is 35.5. The highest BCUT2D eigenvalue weighted by Crippen LogP contribution is 2.28. The lowest BCUT2D eigenvalue weighted by molar-refractivity contribution is -0.121.